The Kier molecular flexibility index (Phi) is 8.06. The highest BCUT2D eigenvalue weighted by atomic mass is 35.5. The smallest absolute Gasteiger partial charge is 0.242 e. The molecule has 0 aromatic heterocycles. The van der Waals surface area contributed by atoms with E-state index >= 15 is 0 Å². The molecule has 1 aromatic rings. The van der Waals surface area contributed by atoms with Gasteiger partial charge < -0.3 is 16.0 Å². The molecule has 6 heteroatoms. The lowest BCUT2D eigenvalue weighted by molar-refractivity contribution is -0.136. The molecule has 1 aliphatic rings. The molecule has 0 bridgehead atoms. The molecular formula is C17H26ClN3O2. The number of hydrogen-bond acceptors (Lipinski definition) is 3. The summed E-state index contributed by atoms with van der Waals surface area (Å²) in [6.07, 6.45) is 2.24. The Hall–Kier alpha value is -1.59. The van der Waals surface area contributed by atoms with Gasteiger partial charge in [0.2, 0.25) is 11.8 Å². The Morgan fingerprint density at radius 3 is 2.65 bits per heavy atom. The van der Waals surface area contributed by atoms with Crippen LogP contribution in [-0.4, -0.2) is 42.4 Å². The van der Waals surface area contributed by atoms with Crippen LogP contribution in [0.2, 0.25) is 0 Å². The SMILES string of the molecule is CC1CCN(C(=O)CNC(=O)Cc2ccccc2)C(CN)C1.Cl. The van der Waals surface area contributed by atoms with Crippen molar-refractivity contribution >= 4 is 24.2 Å². The standard InChI is InChI=1S/C17H25N3O2.ClH/c1-13-7-8-20(15(9-13)11-18)17(22)12-19-16(21)10-14-5-3-2-4-6-14;/h2-6,13,15H,7-12,18H2,1H3,(H,19,21);1H. The molecule has 0 saturated carbocycles. The molecule has 1 saturated heterocycles. The van der Waals surface area contributed by atoms with E-state index in [-0.39, 0.29) is 36.8 Å². The molecule has 0 radical (unpaired) electrons. The minimum Gasteiger partial charge on any atom is -0.347 e. The van der Waals surface area contributed by atoms with Crippen molar-refractivity contribution in [1.29, 1.82) is 0 Å². The molecule has 0 aliphatic carbocycles. The molecule has 128 valence electrons. The molecule has 2 unspecified atom stereocenters. The molecule has 1 aromatic carbocycles. The quantitative estimate of drug-likeness (QED) is 0.850. The number of piperidine rings is 1. The number of halogens is 1. The minimum atomic E-state index is -0.130. The molecule has 0 spiro atoms. The van der Waals surface area contributed by atoms with Crippen LogP contribution in [-0.2, 0) is 16.0 Å². The first-order chi connectivity index (χ1) is 10.6. The topological polar surface area (TPSA) is 75.4 Å². The maximum absolute atomic E-state index is 12.3. The van der Waals surface area contributed by atoms with Crippen LogP contribution < -0.4 is 11.1 Å². The van der Waals surface area contributed by atoms with Crippen molar-refractivity contribution in [1.82, 2.24) is 10.2 Å². The summed E-state index contributed by atoms with van der Waals surface area (Å²) in [4.78, 5) is 26.0. The fourth-order valence-electron chi connectivity index (χ4n) is 2.92. The van der Waals surface area contributed by atoms with Crippen molar-refractivity contribution in [2.45, 2.75) is 32.2 Å². The fraction of sp³-hybridized carbons (Fsp3) is 0.529. The Balaban J connectivity index is 0.00000264. The third-order valence-corrected chi connectivity index (χ3v) is 4.21. The van der Waals surface area contributed by atoms with Crippen LogP contribution in [0.1, 0.15) is 25.3 Å². The monoisotopic (exact) mass is 339 g/mol. The molecule has 2 atom stereocenters. The number of hydrogen-bond donors (Lipinski definition) is 2. The first-order valence-electron chi connectivity index (χ1n) is 7.90. The summed E-state index contributed by atoms with van der Waals surface area (Å²) in [5.74, 6) is 0.434. The predicted octanol–water partition coefficient (Wildman–Crippen LogP) is 1.35. The van der Waals surface area contributed by atoms with Crippen LogP contribution in [0.5, 0.6) is 0 Å². The molecule has 3 N–H and O–H groups in total. The summed E-state index contributed by atoms with van der Waals surface area (Å²) in [5.41, 5.74) is 6.71. The van der Waals surface area contributed by atoms with Crippen molar-refractivity contribution < 1.29 is 9.59 Å². The number of benzene rings is 1. The van der Waals surface area contributed by atoms with Crippen LogP contribution in [0.4, 0.5) is 0 Å². The minimum absolute atomic E-state index is 0. The van der Waals surface area contributed by atoms with Gasteiger partial charge in [0.05, 0.1) is 13.0 Å². The summed E-state index contributed by atoms with van der Waals surface area (Å²) in [5, 5.41) is 2.71. The van der Waals surface area contributed by atoms with E-state index < -0.39 is 0 Å². The second kappa shape index (κ2) is 9.53. The Bertz CT molecular complexity index is 510. The number of carbonyl (C=O) groups excluding carboxylic acids is 2. The van der Waals surface area contributed by atoms with Gasteiger partial charge in [-0.05, 0) is 24.3 Å². The van der Waals surface area contributed by atoms with E-state index in [9.17, 15) is 9.59 Å². The summed E-state index contributed by atoms with van der Waals surface area (Å²) < 4.78 is 0. The highest BCUT2D eigenvalue weighted by molar-refractivity contribution is 5.86. The van der Waals surface area contributed by atoms with Gasteiger partial charge in [0, 0.05) is 19.1 Å². The van der Waals surface area contributed by atoms with E-state index in [4.69, 9.17) is 5.73 Å². The summed E-state index contributed by atoms with van der Waals surface area (Å²) >= 11 is 0. The molecule has 1 fully saturated rings. The highest BCUT2D eigenvalue weighted by Crippen LogP contribution is 2.21. The molecule has 2 rings (SSSR count). The Morgan fingerprint density at radius 2 is 2.00 bits per heavy atom. The van der Waals surface area contributed by atoms with E-state index in [0.29, 0.717) is 18.9 Å². The van der Waals surface area contributed by atoms with Gasteiger partial charge in [-0.3, -0.25) is 9.59 Å². The van der Waals surface area contributed by atoms with Gasteiger partial charge >= 0.3 is 0 Å². The third-order valence-electron chi connectivity index (χ3n) is 4.21. The Morgan fingerprint density at radius 1 is 1.30 bits per heavy atom. The van der Waals surface area contributed by atoms with Gasteiger partial charge in [-0.1, -0.05) is 37.3 Å². The first kappa shape index (κ1) is 19.5. The van der Waals surface area contributed by atoms with Crippen molar-refractivity contribution in [2.24, 2.45) is 11.7 Å². The van der Waals surface area contributed by atoms with E-state index in [1.54, 1.807) is 0 Å². The van der Waals surface area contributed by atoms with Crippen LogP contribution in [0.15, 0.2) is 30.3 Å². The average molecular weight is 340 g/mol. The molecule has 1 heterocycles. The third kappa shape index (κ3) is 5.84. The first-order valence-corrected chi connectivity index (χ1v) is 7.90. The zero-order chi connectivity index (χ0) is 15.9. The zero-order valence-corrected chi connectivity index (χ0v) is 14.3. The van der Waals surface area contributed by atoms with Crippen molar-refractivity contribution in [2.75, 3.05) is 19.6 Å². The molecule has 1 aliphatic heterocycles. The second-order valence-corrected chi connectivity index (χ2v) is 6.05. The van der Waals surface area contributed by atoms with Gasteiger partial charge in [-0.25, -0.2) is 0 Å². The van der Waals surface area contributed by atoms with E-state index in [1.807, 2.05) is 35.2 Å². The number of rotatable bonds is 5. The van der Waals surface area contributed by atoms with Crippen LogP contribution in [0, 0.1) is 5.92 Å². The second-order valence-electron chi connectivity index (χ2n) is 6.05. The number of likely N-dealkylation sites (tertiary alicyclic amines) is 1. The van der Waals surface area contributed by atoms with Gasteiger partial charge in [0.15, 0.2) is 0 Å². The lowest BCUT2D eigenvalue weighted by Gasteiger charge is -2.38. The fourth-order valence-corrected chi connectivity index (χ4v) is 2.92. The van der Waals surface area contributed by atoms with Crippen LogP contribution >= 0.6 is 12.4 Å². The van der Waals surface area contributed by atoms with Gasteiger partial charge in [-0.15, -0.1) is 12.4 Å². The lowest BCUT2D eigenvalue weighted by Crippen LogP contribution is -2.52. The van der Waals surface area contributed by atoms with Crippen molar-refractivity contribution in [3.05, 3.63) is 35.9 Å². The predicted molar refractivity (Wildman–Crippen MR) is 93.4 cm³/mol. The number of nitrogens with two attached hydrogens (primary N) is 1. The van der Waals surface area contributed by atoms with Crippen molar-refractivity contribution in [3.8, 4) is 0 Å². The molecular weight excluding hydrogens is 314 g/mol. The molecule has 5 nitrogen and oxygen atoms in total. The van der Waals surface area contributed by atoms with Gasteiger partial charge in [0.25, 0.3) is 0 Å². The van der Waals surface area contributed by atoms with Crippen LogP contribution in [0.3, 0.4) is 0 Å². The molecule has 2 amide bonds. The summed E-state index contributed by atoms with van der Waals surface area (Å²) in [6.45, 7) is 3.45. The summed E-state index contributed by atoms with van der Waals surface area (Å²) in [6, 6.07) is 9.61. The highest BCUT2D eigenvalue weighted by Gasteiger charge is 2.28. The maximum atomic E-state index is 12.3. The lowest BCUT2D eigenvalue weighted by atomic mass is 9.92. The average Bonchev–Trinajstić information content (AvgIpc) is 2.53. The van der Waals surface area contributed by atoms with E-state index in [2.05, 4.69) is 12.2 Å². The van der Waals surface area contributed by atoms with Crippen molar-refractivity contribution in [3.63, 3.8) is 0 Å². The van der Waals surface area contributed by atoms with Crippen LogP contribution in [0.25, 0.3) is 0 Å². The number of amides is 2. The van der Waals surface area contributed by atoms with E-state index in [0.717, 1.165) is 24.9 Å². The number of nitrogens with one attached hydrogen (secondary N) is 1. The van der Waals surface area contributed by atoms with Gasteiger partial charge in [0.1, 0.15) is 0 Å². The van der Waals surface area contributed by atoms with E-state index in [1.165, 1.54) is 0 Å². The zero-order valence-electron chi connectivity index (χ0n) is 13.5. The normalized spacial score (nSPS) is 20.5. The van der Waals surface area contributed by atoms with Gasteiger partial charge in [-0.2, -0.15) is 0 Å². The number of carbonyl (C=O) groups is 2. The maximum Gasteiger partial charge on any atom is 0.242 e. The largest absolute Gasteiger partial charge is 0.347 e. The number of nitrogens with zero attached hydrogens (tertiary/aromatic N) is 1. The molecule has 23 heavy (non-hydrogen) atoms. The Labute approximate surface area is 144 Å². The summed E-state index contributed by atoms with van der Waals surface area (Å²) in [7, 11) is 0.